The third kappa shape index (κ3) is 7.21. The van der Waals surface area contributed by atoms with Gasteiger partial charge in [0.25, 0.3) is 0 Å². The zero-order chi connectivity index (χ0) is 10.9. The molecule has 1 atom stereocenters. The zero-order valence-electron chi connectivity index (χ0n) is 8.08. The second-order valence-electron chi connectivity index (χ2n) is 2.83. The Kier molecular flexibility index (Phi) is 9.70. The first-order chi connectivity index (χ1) is 6.68. The standard InChI is InChI=1S/C7H15BrClO4P/c1-2-3-4-5-6-7-11-14(10,12-8)13-9/h2-7H2,1H3. The average Bonchev–Trinajstić information content (AvgIpc) is 2.23. The van der Waals surface area contributed by atoms with E-state index in [1.54, 1.807) is 0 Å². The normalized spacial score (nSPS) is 15.4. The van der Waals surface area contributed by atoms with E-state index < -0.39 is 7.82 Å². The van der Waals surface area contributed by atoms with Gasteiger partial charge in [0, 0.05) is 0 Å². The molecule has 0 aliphatic heterocycles. The average molecular weight is 310 g/mol. The number of phosphoric acid groups is 1. The fraction of sp³-hybridized carbons (Fsp3) is 1.00. The number of hydrogen-bond donors (Lipinski definition) is 0. The number of halogens is 2. The number of rotatable bonds is 9. The maximum atomic E-state index is 11.2. The van der Waals surface area contributed by atoms with Crippen LogP contribution in [0.4, 0.5) is 0 Å². The highest BCUT2D eigenvalue weighted by Crippen LogP contribution is 2.52. The van der Waals surface area contributed by atoms with Crippen LogP contribution in [0.3, 0.4) is 0 Å². The molecular formula is C7H15BrClO4P. The van der Waals surface area contributed by atoms with E-state index in [0.29, 0.717) is 6.61 Å². The van der Waals surface area contributed by atoms with Crippen molar-refractivity contribution in [1.82, 2.24) is 0 Å². The van der Waals surface area contributed by atoms with Crippen LogP contribution >= 0.6 is 35.9 Å². The van der Waals surface area contributed by atoms with Gasteiger partial charge in [-0.15, -0.1) is 0 Å². The summed E-state index contributed by atoms with van der Waals surface area (Å²) in [6.45, 7) is 2.46. The van der Waals surface area contributed by atoms with Crippen LogP contribution in [-0.4, -0.2) is 6.61 Å². The van der Waals surface area contributed by atoms with Crippen LogP contribution in [0.5, 0.6) is 0 Å². The van der Waals surface area contributed by atoms with Gasteiger partial charge < -0.3 is 0 Å². The summed E-state index contributed by atoms with van der Waals surface area (Å²) in [7, 11) is -3.55. The predicted molar refractivity (Wildman–Crippen MR) is 59.3 cm³/mol. The SMILES string of the molecule is CCCCCCCOP(=O)(OCl)OBr. The highest BCUT2D eigenvalue weighted by Gasteiger charge is 2.25. The van der Waals surface area contributed by atoms with Crippen molar-refractivity contribution in [3.05, 3.63) is 0 Å². The maximum Gasteiger partial charge on any atom is 0.502 e. The van der Waals surface area contributed by atoms with Crippen molar-refractivity contribution >= 4 is 35.9 Å². The van der Waals surface area contributed by atoms with Gasteiger partial charge in [-0.05, 0) is 6.42 Å². The molecule has 0 aromatic carbocycles. The molecule has 0 saturated heterocycles. The molecule has 7 heteroatoms. The largest absolute Gasteiger partial charge is 0.502 e. The lowest BCUT2D eigenvalue weighted by Crippen LogP contribution is -1.93. The maximum absolute atomic E-state index is 11.2. The Hall–Kier alpha value is 0.880. The molecule has 0 aromatic rings. The lowest BCUT2D eigenvalue weighted by atomic mass is 10.2. The zero-order valence-corrected chi connectivity index (χ0v) is 11.3. The van der Waals surface area contributed by atoms with Crippen molar-refractivity contribution in [3.8, 4) is 0 Å². The molecule has 4 nitrogen and oxygen atoms in total. The summed E-state index contributed by atoms with van der Waals surface area (Å²) >= 11 is 7.46. The van der Waals surface area contributed by atoms with Gasteiger partial charge in [0.05, 0.1) is 18.5 Å². The van der Waals surface area contributed by atoms with Gasteiger partial charge in [0.2, 0.25) is 0 Å². The van der Waals surface area contributed by atoms with Crippen molar-refractivity contribution in [2.75, 3.05) is 6.61 Å². The van der Waals surface area contributed by atoms with Gasteiger partial charge in [-0.2, -0.15) is 4.08 Å². The number of unbranched alkanes of at least 4 members (excludes halogenated alkanes) is 4. The van der Waals surface area contributed by atoms with Crippen molar-refractivity contribution < 1.29 is 16.8 Å². The Balaban J connectivity index is 3.39. The van der Waals surface area contributed by atoms with Gasteiger partial charge in [-0.3, -0.25) is 4.52 Å². The second-order valence-corrected chi connectivity index (χ2v) is 5.54. The molecule has 0 fully saturated rings. The Morgan fingerprint density at radius 3 is 2.43 bits per heavy atom. The van der Waals surface area contributed by atoms with E-state index >= 15 is 0 Å². The summed E-state index contributed by atoms with van der Waals surface area (Å²) < 4.78 is 24.4. The van der Waals surface area contributed by atoms with Crippen LogP contribution in [0.25, 0.3) is 0 Å². The van der Waals surface area contributed by atoms with Crippen LogP contribution in [0.1, 0.15) is 39.0 Å². The molecule has 1 unspecified atom stereocenters. The van der Waals surface area contributed by atoms with Crippen molar-refractivity contribution in [2.45, 2.75) is 39.0 Å². The van der Waals surface area contributed by atoms with Crippen LogP contribution in [0.15, 0.2) is 0 Å². The van der Waals surface area contributed by atoms with E-state index in [1.807, 2.05) is 0 Å². The fourth-order valence-electron chi connectivity index (χ4n) is 0.932. The molecule has 0 N–H and O–H groups in total. The Morgan fingerprint density at radius 2 is 1.93 bits per heavy atom. The van der Waals surface area contributed by atoms with E-state index in [0.717, 1.165) is 19.3 Å². The molecular weight excluding hydrogens is 294 g/mol. The highest BCUT2D eigenvalue weighted by molar-refractivity contribution is 9.06. The molecule has 0 radical (unpaired) electrons. The molecule has 14 heavy (non-hydrogen) atoms. The Labute approximate surface area is 98.5 Å². The molecule has 0 rings (SSSR count). The lowest BCUT2D eigenvalue weighted by molar-refractivity contribution is 0.221. The van der Waals surface area contributed by atoms with Crippen LogP contribution in [0.2, 0.25) is 0 Å². The minimum absolute atomic E-state index is 0.319. The van der Waals surface area contributed by atoms with E-state index in [2.05, 4.69) is 30.9 Å². The van der Waals surface area contributed by atoms with Crippen molar-refractivity contribution in [3.63, 3.8) is 0 Å². The molecule has 0 aromatic heterocycles. The lowest BCUT2D eigenvalue weighted by Gasteiger charge is -2.09. The molecule has 0 aliphatic rings. The topological polar surface area (TPSA) is 44.8 Å². The van der Waals surface area contributed by atoms with Crippen molar-refractivity contribution in [2.24, 2.45) is 0 Å². The van der Waals surface area contributed by atoms with E-state index in [4.69, 9.17) is 16.4 Å². The second kappa shape index (κ2) is 9.13. The summed E-state index contributed by atoms with van der Waals surface area (Å²) in [5.74, 6) is 0. The molecule has 0 saturated carbocycles. The monoisotopic (exact) mass is 308 g/mol. The fourth-order valence-corrected chi connectivity index (χ4v) is 2.22. The molecule has 0 aliphatic carbocycles. The first-order valence-electron chi connectivity index (χ1n) is 4.53. The third-order valence-corrected chi connectivity index (χ3v) is 4.07. The van der Waals surface area contributed by atoms with Crippen LogP contribution in [0, 0.1) is 0 Å². The molecule has 0 amide bonds. The molecule has 0 bridgehead atoms. The van der Waals surface area contributed by atoms with E-state index in [9.17, 15) is 4.57 Å². The van der Waals surface area contributed by atoms with Gasteiger partial charge in [-0.1, -0.05) is 32.6 Å². The summed E-state index contributed by atoms with van der Waals surface area (Å²) in [6.07, 6.45) is 5.41. The van der Waals surface area contributed by atoms with Gasteiger partial charge in [-0.25, -0.2) is 8.18 Å². The summed E-state index contributed by atoms with van der Waals surface area (Å²) in [5.41, 5.74) is 0. The molecule has 0 spiro atoms. The third-order valence-electron chi connectivity index (χ3n) is 1.67. The first-order valence-corrected chi connectivity index (χ1v) is 6.95. The van der Waals surface area contributed by atoms with Crippen LogP contribution < -0.4 is 0 Å². The minimum Gasteiger partial charge on any atom is -0.285 e. The first kappa shape index (κ1) is 14.9. The summed E-state index contributed by atoms with van der Waals surface area (Å²) in [5, 5.41) is 0. The Morgan fingerprint density at radius 1 is 1.29 bits per heavy atom. The van der Waals surface area contributed by atoms with Crippen LogP contribution in [-0.2, 0) is 16.8 Å². The summed E-state index contributed by atoms with van der Waals surface area (Å²) in [4.78, 5) is 0. The van der Waals surface area contributed by atoms with Crippen molar-refractivity contribution in [1.29, 1.82) is 0 Å². The van der Waals surface area contributed by atoms with E-state index in [-0.39, 0.29) is 0 Å². The molecule has 86 valence electrons. The van der Waals surface area contributed by atoms with Gasteiger partial charge >= 0.3 is 7.82 Å². The molecule has 0 heterocycles. The highest BCUT2D eigenvalue weighted by atomic mass is 79.9. The Bertz CT molecular complexity index is 173. The van der Waals surface area contributed by atoms with E-state index in [1.165, 1.54) is 12.8 Å². The quantitative estimate of drug-likeness (QED) is 0.462. The summed E-state index contributed by atoms with van der Waals surface area (Å²) in [6, 6.07) is 0. The predicted octanol–water partition coefficient (Wildman–Crippen LogP) is 4.58. The number of hydrogen-bond acceptors (Lipinski definition) is 4. The van der Waals surface area contributed by atoms with Gasteiger partial charge in [0.1, 0.15) is 16.3 Å². The smallest absolute Gasteiger partial charge is 0.285 e. The minimum atomic E-state index is -3.55. The van der Waals surface area contributed by atoms with Gasteiger partial charge in [0.15, 0.2) is 0 Å².